The maximum Gasteiger partial charge on any atom is 0.319 e. The number of hydrogen-bond acceptors (Lipinski definition) is 3. The Morgan fingerprint density at radius 1 is 0.955 bits per heavy atom. The van der Waals surface area contributed by atoms with Gasteiger partial charge in [-0.1, -0.05) is 56.3 Å². The summed E-state index contributed by atoms with van der Waals surface area (Å²) in [5.41, 5.74) is 2.72. The Balaban J connectivity index is 2.05. The van der Waals surface area contributed by atoms with E-state index >= 15 is 0 Å². The van der Waals surface area contributed by atoms with E-state index in [1.165, 1.54) is 5.56 Å². The second-order valence-electron chi connectivity index (χ2n) is 5.09. The van der Waals surface area contributed by atoms with Gasteiger partial charge in [0.05, 0.1) is 0 Å². The molecule has 0 aliphatic heterocycles. The third kappa shape index (κ3) is 4.04. The summed E-state index contributed by atoms with van der Waals surface area (Å²) >= 11 is 0. The third-order valence-corrected chi connectivity index (χ3v) is 3.54. The van der Waals surface area contributed by atoms with Gasteiger partial charge in [0.15, 0.2) is 5.78 Å². The van der Waals surface area contributed by atoms with E-state index in [2.05, 4.69) is 6.92 Å². The van der Waals surface area contributed by atoms with E-state index in [0.717, 1.165) is 18.4 Å². The van der Waals surface area contributed by atoms with E-state index < -0.39 is 5.97 Å². The smallest absolute Gasteiger partial charge is 0.319 e. The molecule has 114 valence electrons. The Bertz CT molecular complexity index is 660. The average Bonchev–Trinajstić information content (AvgIpc) is 2.55. The number of esters is 1. The fourth-order valence-corrected chi connectivity index (χ4v) is 2.24. The number of hydrogen-bond donors (Lipinski definition) is 0. The summed E-state index contributed by atoms with van der Waals surface area (Å²) in [5, 5.41) is 0. The largest absolute Gasteiger partial charge is 0.426 e. The van der Waals surface area contributed by atoms with Gasteiger partial charge < -0.3 is 4.74 Å². The highest BCUT2D eigenvalue weighted by atomic mass is 16.5. The topological polar surface area (TPSA) is 43.4 Å². The summed E-state index contributed by atoms with van der Waals surface area (Å²) in [4.78, 5) is 24.0. The van der Waals surface area contributed by atoms with Crippen molar-refractivity contribution < 1.29 is 14.3 Å². The van der Waals surface area contributed by atoms with Gasteiger partial charge in [0, 0.05) is 5.56 Å². The van der Waals surface area contributed by atoms with Crippen molar-refractivity contribution in [3.8, 4) is 5.75 Å². The molecule has 3 nitrogen and oxygen atoms in total. The van der Waals surface area contributed by atoms with Crippen LogP contribution in [-0.2, 0) is 17.6 Å². The normalized spacial score (nSPS) is 10.3. The van der Waals surface area contributed by atoms with Gasteiger partial charge >= 0.3 is 5.97 Å². The van der Waals surface area contributed by atoms with Crippen molar-refractivity contribution >= 4 is 11.8 Å². The van der Waals surface area contributed by atoms with Crippen molar-refractivity contribution in [1.82, 2.24) is 0 Å². The number of carbonyl (C=O) groups is 2. The third-order valence-electron chi connectivity index (χ3n) is 3.54. The summed E-state index contributed by atoms with van der Waals surface area (Å²) in [6, 6.07) is 14.6. The monoisotopic (exact) mass is 296 g/mol. The minimum atomic E-state index is -0.521. The first-order valence-electron chi connectivity index (χ1n) is 7.54. The first kappa shape index (κ1) is 16.0. The predicted octanol–water partition coefficient (Wildman–Crippen LogP) is 3.99. The van der Waals surface area contributed by atoms with Crippen molar-refractivity contribution in [1.29, 1.82) is 0 Å². The van der Waals surface area contributed by atoms with Crippen LogP contribution in [0.15, 0.2) is 48.5 Å². The molecule has 0 bridgehead atoms. The average molecular weight is 296 g/mol. The molecule has 0 N–H and O–H groups in total. The van der Waals surface area contributed by atoms with E-state index in [0.29, 0.717) is 11.3 Å². The number of benzene rings is 2. The van der Waals surface area contributed by atoms with Crippen LogP contribution in [0.25, 0.3) is 0 Å². The number of carbonyl (C=O) groups excluding carboxylic acids is 2. The standard InChI is InChI=1S/C19H20O3/c1-3-14-10-11-18(15(4-2)12-14)22-19(21)13-17(20)16-8-6-5-7-9-16/h5-12H,3-4,13H2,1-2H3. The molecule has 22 heavy (non-hydrogen) atoms. The molecule has 0 atom stereocenters. The predicted molar refractivity (Wildman–Crippen MR) is 86.2 cm³/mol. The molecule has 0 aliphatic rings. The van der Waals surface area contributed by atoms with Gasteiger partial charge in [0.1, 0.15) is 12.2 Å². The zero-order valence-electron chi connectivity index (χ0n) is 13.0. The first-order chi connectivity index (χ1) is 10.6. The SMILES string of the molecule is CCc1ccc(OC(=O)CC(=O)c2ccccc2)c(CC)c1. The lowest BCUT2D eigenvalue weighted by Gasteiger charge is -2.10. The van der Waals surface area contributed by atoms with Crippen LogP contribution in [0.5, 0.6) is 5.75 Å². The van der Waals surface area contributed by atoms with Crippen LogP contribution in [0.2, 0.25) is 0 Å². The molecule has 0 saturated carbocycles. The zero-order chi connectivity index (χ0) is 15.9. The Hall–Kier alpha value is -2.42. The van der Waals surface area contributed by atoms with Crippen LogP contribution >= 0.6 is 0 Å². The number of ether oxygens (including phenoxy) is 1. The summed E-state index contributed by atoms with van der Waals surface area (Å²) in [7, 11) is 0. The minimum absolute atomic E-state index is 0.228. The number of aryl methyl sites for hydroxylation is 2. The molecule has 0 saturated heterocycles. The van der Waals surface area contributed by atoms with E-state index in [9.17, 15) is 9.59 Å². The van der Waals surface area contributed by atoms with Gasteiger partial charge in [-0.15, -0.1) is 0 Å². The minimum Gasteiger partial charge on any atom is -0.426 e. The molecule has 0 aliphatic carbocycles. The Labute approximate surface area is 130 Å². The lowest BCUT2D eigenvalue weighted by molar-refractivity contribution is -0.133. The molecule has 0 spiro atoms. The lowest BCUT2D eigenvalue weighted by atomic mass is 10.1. The molecular formula is C19H20O3. The van der Waals surface area contributed by atoms with Crippen molar-refractivity contribution in [3.63, 3.8) is 0 Å². The fraction of sp³-hybridized carbons (Fsp3) is 0.263. The highest BCUT2D eigenvalue weighted by molar-refractivity contribution is 6.06. The number of ketones is 1. The summed E-state index contributed by atoms with van der Waals surface area (Å²) in [6.45, 7) is 4.10. The van der Waals surface area contributed by atoms with Crippen molar-refractivity contribution in [2.75, 3.05) is 0 Å². The van der Waals surface area contributed by atoms with Crippen molar-refractivity contribution in [3.05, 3.63) is 65.2 Å². The van der Waals surface area contributed by atoms with Crippen LogP contribution in [0, 0.1) is 0 Å². The van der Waals surface area contributed by atoms with Gasteiger partial charge in [0.25, 0.3) is 0 Å². The van der Waals surface area contributed by atoms with Gasteiger partial charge in [-0.05, 0) is 30.0 Å². The maximum absolute atomic E-state index is 12.0. The highest BCUT2D eigenvalue weighted by Crippen LogP contribution is 2.22. The molecule has 0 amide bonds. The second kappa shape index (κ2) is 7.55. The molecular weight excluding hydrogens is 276 g/mol. The van der Waals surface area contributed by atoms with Crippen LogP contribution < -0.4 is 4.74 Å². The summed E-state index contributed by atoms with van der Waals surface area (Å²) < 4.78 is 5.37. The van der Waals surface area contributed by atoms with Crippen molar-refractivity contribution in [2.24, 2.45) is 0 Å². The molecule has 0 aromatic heterocycles. The molecule has 3 heteroatoms. The van der Waals surface area contributed by atoms with Gasteiger partial charge in [-0.3, -0.25) is 9.59 Å². The van der Waals surface area contributed by atoms with Gasteiger partial charge in [-0.25, -0.2) is 0 Å². The van der Waals surface area contributed by atoms with Crippen LogP contribution in [0.3, 0.4) is 0 Å². The molecule has 0 radical (unpaired) electrons. The van der Waals surface area contributed by atoms with Crippen LogP contribution in [0.1, 0.15) is 41.8 Å². The Kier molecular flexibility index (Phi) is 5.48. The van der Waals surface area contributed by atoms with Crippen LogP contribution in [-0.4, -0.2) is 11.8 Å². The van der Waals surface area contributed by atoms with E-state index in [1.54, 1.807) is 24.3 Å². The number of Topliss-reactive ketones (excluding diaryl/α,β-unsaturated/α-hetero) is 1. The zero-order valence-corrected chi connectivity index (χ0v) is 13.0. The van der Waals surface area contributed by atoms with Gasteiger partial charge in [-0.2, -0.15) is 0 Å². The Morgan fingerprint density at radius 2 is 1.68 bits per heavy atom. The molecule has 2 rings (SSSR count). The highest BCUT2D eigenvalue weighted by Gasteiger charge is 2.15. The van der Waals surface area contributed by atoms with Crippen molar-refractivity contribution in [2.45, 2.75) is 33.1 Å². The summed E-state index contributed by atoms with van der Waals surface area (Å²) in [5.74, 6) is -0.202. The molecule has 2 aromatic carbocycles. The molecule has 0 heterocycles. The van der Waals surface area contributed by atoms with E-state index in [-0.39, 0.29) is 12.2 Å². The molecule has 0 unspecified atom stereocenters. The first-order valence-corrected chi connectivity index (χ1v) is 7.54. The maximum atomic E-state index is 12.0. The molecule has 0 fully saturated rings. The Morgan fingerprint density at radius 3 is 2.32 bits per heavy atom. The van der Waals surface area contributed by atoms with Crippen LogP contribution in [0.4, 0.5) is 0 Å². The van der Waals surface area contributed by atoms with Gasteiger partial charge in [0.2, 0.25) is 0 Å². The molecule has 2 aromatic rings. The number of rotatable bonds is 6. The van der Waals surface area contributed by atoms with E-state index in [1.807, 2.05) is 31.2 Å². The fourth-order valence-electron chi connectivity index (χ4n) is 2.24. The summed E-state index contributed by atoms with van der Waals surface area (Å²) in [6.07, 6.45) is 1.47. The quantitative estimate of drug-likeness (QED) is 0.350. The van der Waals surface area contributed by atoms with E-state index in [4.69, 9.17) is 4.74 Å². The second-order valence-corrected chi connectivity index (χ2v) is 5.09. The lowest BCUT2D eigenvalue weighted by Crippen LogP contribution is -2.15.